The predicted octanol–water partition coefficient (Wildman–Crippen LogP) is 3.76. The summed E-state index contributed by atoms with van der Waals surface area (Å²) in [5.74, 6) is 1.06. The number of ether oxygens (including phenoxy) is 1. The summed E-state index contributed by atoms with van der Waals surface area (Å²) in [6.45, 7) is 5.84. The first-order valence-electron chi connectivity index (χ1n) is 4.63. The molecule has 1 atom stereocenters. The van der Waals surface area contributed by atoms with Crippen LogP contribution in [0.15, 0.2) is 23.8 Å². The maximum Gasteiger partial charge on any atom is 0.0779 e. The second kappa shape index (κ2) is 8.34. The maximum absolute atomic E-state index is 5.76. The van der Waals surface area contributed by atoms with Gasteiger partial charge in [-0.2, -0.15) is 0 Å². The highest BCUT2D eigenvalue weighted by atomic mass is 35.5. The Labute approximate surface area is 96.7 Å². The minimum atomic E-state index is 0.122. The quantitative estimate of drug-likeness (QED) is 0.484. The van der Waals surface area contributed by atoms with Crippen LogP contribution in [-0.4, -0.2) is 25.0 Å². The fourth-order valence-electron chi connectivity index (χ4n) is 1.21. The summed E-state index contributed by atoms with van der Waals surface area (Å²) in [7, 11) is 1.70. The van der Waals surface area contributed by atoms with Crippen molar-refractivity contribution in [1.82, 2.24) is 0 Å². The van der Waals surface area contributed by atoms with Crippen LogP contribution in [0, 0.1) is 0 Å². The van der Waals surface area contributed by atoms with Crippen LogP contribution in [-0.2, 0) is 4.74 Å². The SMILES string of the molecule is C=C(C)C(CCC(=CCCl)CCl)OC. The number of allylic oxidation sites excluding steroid dienone is 2. The summed E-state index contributed by atoms with van der Waals surface area (Å²) in [5, 5.41) is 0. The number of hydrogen-bond acceptors (Lipinski definition) is 1. The zero-order chi connectivity index (χ0) is 11.0. The highest BCUT2D eigenvalue weighted by molar-refractivity contribution is 6.20. The Morgan fingerprint density at radius 3 is 2.50 bits per heavy atom. The van der Waals surface area contributed by atoms with Crippen molar-refractivity contribution in [3.63, 3.8) is 0 Å². The van der Waals surface area contributed by atoms with Crippen LogP contribution < -0.4 is 0 Å². The first-order chi connectivity index (χ1) is 6.65. The summed E-state index contributed by atoms with van der Waals surface area (Å²) in [6.07, 6.45) is 3.92. The molecule has 3 heteroatoms. The second-order valence-electron chi connectivity index (χ2n) is 3.26. The largest absolute Gasteiger partial charge is 0.377 e. The third kappa shape index (κ3) is 5.69. The molecular formula is C11H18Cl2O. The lowest BCUT2D eigenvalue weighted by atomic mass is 10.0. The molecule has 0 aromatic heterocycles. The molecule has 0 aromatic carbocycles. The van der Waals surface area contributed by atoms with Gasteiger partial charge in [-0.25, -0.2) is 0 Å². The highest BCUT2D eigenvalue weighted by Crippen LogP contribution is 2.15. The number of halogens is 2. The van der Waals surface area contributed by atoms with Crippen molar-refractivity contribution in [3.8, 4) is 0 Å². The Bertz CT molecular complexity index is 199. The summed E-state index contributed by atoms with van der Waals surface area (Å²) in [6, 6.07) is 0. The summed E-state index contributed by atoms with van der Waals surface area (Å²) >= 11 is 11.4. The van der Waals surface area contributed by atoms with Gasteiger partial charge < -0.3 is 4.74 Å². The Morgan fingerprint density at radius 1 is 1.50 bits per heavy atom. The van der Waals surface area contributed by atoms with Crippen molar-refractivity contribution >= 4 is 23.2 Å². The van der Waals surface area contributed by atoms with E-state index in [9.17, 15) is 0 Å². The van der Waals surface area contributed by atoms with E-state index in [2.05, 4.69) is 6.58 Å². The van der Waals surface area contributed by atoms with Crippen LogP contribution >= 0.6 is 23.2 Å². The molecule has 1 unspecified atom stereocenters. The predicted molar refractivity (Wildman–Crippen MR) is 64.4 cm³/mol. The lowest BCUT2D eigenvalue weighted by molar-refractivity contribution is 0.125. The van der Waals surface area contributed by atoms with Crippen molar-refractivity contribution in [2.45, 2.75) is 25.9 Å². The Morgan fingerprint density at radius 2 is 2.14 bits per heavy atom. The number of methoxy groups -OCH3 is 1. The van der Waals surface area contributed by atoms with Crippen LogP contribution in [0.5, 0.6) is 0 Å². The fourth-order valence-corrected chi connectivity index (χ4v) is 1.68. The van der Waals surface area contributed by atoms with Gasteiger partial charge in [-0.1, -0.05) is 23.8 Å². The van der Waals surface area contributed by atoms with Gasteiger partial charge in [0, 0.05) is 18.9 Å². The molecule has 0 bridgehead atoms. The lowest BCUT2D eigenvalue weighted by Crippen LogP contribution is -2.11. The molecule has 0 radical (unpaired) electrons. The molecule has 0 saturated carbocycles. The van der Waals surface area contributed by atoms with Gasteiger partial charge in [-0.05, 0) is 19.8 Å². The van der Waals surface area contributed by atoms with Crippen LogP contribution in [0.1, 0.15) is 19.8 Å². The van der Waals surface area contributed by atoms with Crippen molar-refractivity contribution in [2.75, 3.05) is 18.9 Å². The van der Waals surface area contributed by atoms with Crippen molar-refractivity contribution in [2.24, 2.45) is 0 Å². The molecule has 0 heterocycles. The van der Waals surface area contributed by atoms with Crippen LogP contribution in [0.25, 0.3) is 0 Å². The Hall–Kier alpha value is 0.0200. The molecule has 14 heavy (non-hydrogen) atoms. The van der Waals surface area contributed by atoms with Gasteiger partial charge in [0.2, 0.25) is 0 Å². The summed E-state index contributed by atoms with van der Waals surface area (Å²) in [5.41, 5.74) is 2.22. The first kappa shape index (κ1) is 14.0. The van der Waals surface area contributed by atoms with Gasteiger partial charge in [0.25, 0.3) is 0 Å². The van der Waals surface area contributed by atoms with E-state index in [1.165, 1.54) is 5.57 Å². The van der Waals surface area contributed by atoms with E-state index in [0.29, 0.717) is 11.8 Å². The number of hydrogen-bond donors (Lipinski definition) is 0. The van der Waals surface area contributed by atoms with E-state index in [1.54, 1.807) is 7.11 Å². The Balaban J connectivity index is 4.00. The summed E-state index contributed by atoms with van der Waals surface area (Å²) < 4.78 is 5.28. The van der Waals surface area contributed by atoms with Crippen LogP contribution in [0.3, 0.4) is 0 Å². The number of alkyl halides is 2. The molecular weight excluding hydrogens is 219 g/mol. The Kier molecular flexibility index (Phi) is 8.35. The van der Waals surface area contributed by atoms with E-state index >= 15 is 0 Å². The van der Waals surface area contributed by atoms with Gasteiger partial charge in [0.1, 0.15) is 0 Å². The fraction of sp³-hybridized carbons (Fsp3) is 0.636. The molecule has 0 rings (SSSR count). The minimum Gasteiger partial charge on any atom is -0.377 e. The average Bonchev–Trinajstić information content (AvgIpc) is 2.16. The van der Waals surface area contributed by atoms with E-state index in [-0.39, 0.29) is 6.10 Å². The molecule has 0 spiro atoms. The molecule has 0 aliphatic heterocycles. The standard InChI is InChI=1S/C11H18Cl2O/c1-9(2)11(14-3)5-4-10(8-13)6-7-12/h6,11H,1,4-5,7-8H2,2-3H3. The normalized spacial score (nSPS) is 14.1. The molecule has 0 amide bonds. The molecule has 0 aliphatic carbocycles. The van der Waals surface area contributed by atoms with E-state index in [0.717, 1.165) is 18.4 Å². The molecule has 0 saturated heterocycles. The van der Waals surface area contributed by atoms with Gasteiger partial charge in [-0.15, -0.1) is 23.2 Å². The molecule has 0 fully saturated rings. The van der Waals surface area contributed by atoms with E-state index in [4.69, 9.17) is 27.9 Å². The van der Waals surface area contributed by atoms with Gasteiger partial charge in [0.05, 0.1) is 6.10 Å². The van der Waals surface area contributed by atoms with E-state index < -0.39 is 0 Å². The molecule has 1 nitrogen and oxygen atoms in total. The van der Waals surface area contributed by atoms with Gasteiger partial charge in [-0.3, -0.25) is 0 Å². The third-order valence-electron chi connectivity index (χ3n) is 2.10. The molecule has 82 valence electrons. The van der Waals surface area contributed by atoms with Crippen molar-refractivity contribution < 1.29 is 4.74 Å². The van der Waals surface area contributed by atoms with Crippen LogP contribution in [0.4, 0.5) is 0 Å². The van der Waals surface area contributed by atoms with Crippen LogP contribution in [0.2, 0.25) is 0 Å². The highest BCUT2D eigenvalue weighted by Gasteiger charge is 2.08. The summed E-state index contributed by atoms with van der Waals surface area (Å²) in [4.78, 5) is 0. The average molecular weight is 237 g/mol. The minimum absolute atomic E-state index is 0.122. The molecule has 0 aliphatic rings. The van der Waals surface area contributed by atoms with Gasteiger partial charge >= 0.3 is 0 Å². The zero-order valence-corrected chi connectivity index (χ0v) is 10.4. The molecule has 0 aromatic rings. The van der Waals surface area contributed by atoms with Crippen molar-refractivity contribution in [1.29, 1.82) is 0 Å². The maximum atomic E-state index is 5.76. The van der Waals surface area contributed by atoms with Crippen molar-refractivity contribution in [3.05, 3.63) is 23.8 Å². The molecule has 0 N–H and O–H groups in total. The van der Waals surface area contributed by atoms with Gasteiger partial charge in [0.15, 0.2) is 0 Å². The topological polar surface area (TPSA) is 9.23 Å². The lowest BCUT2D eigenvalue weighted by Gasteiger charge is -2.15. The number of rotatable bonds is 7. The first-order valence-corrected chi connectivity index (χ1v) is 5.70. The third-order valence-corrected chi connectivity index (χ3v) is 2.60. The monoisotopic (exact) mass is 236 g/mol. The smallest absolute Gasteiger partial charge is 0.0779 e. The zero-order valence-electron chi connectivity index (χ0n) is 8.85. The van der Waals surface area contributed by atoms with E-state index in [1.807, 2.05) is 13.0 Å². The second-order valence-corrected chi connectivity index (χ2v) is 3.84.